The minimum absolute atomic E-state index is 0.0143. The van der Waals surface area contributed by atoms with Crippen molar-refractivity contribution < 1.29 is 14.7 Å². The largest absolute Gasteiger partial charge is 0.481 e. The third kappa shape index (κ3) is 2.33. The molecule has 140 valence electrons. The second-order valence-corrected chi connectivity index (χ2v) is 8.36. The van der Waals surface area contributed by atoms with Gasteiger partial charge in [0.2, 0.25) is 0 Å². The van der Waals surface area contributed by atoms with E-state index in [2.05, 4.69) is 0 Å². The third-order valence-electron chi connectivity index (χ3n) is 6.99. The minimum atomic E-state index is -0.791. The van der Waals surface area contributed by atoms with Crippen LogP contribution in [0.15, 0.2) is 30.3 Å². The molecule has 1 aliphatic carbocycles. The second-order valence-electron chi connectivity index (χ2n) is 8.36. The molecule has 3 fully saturated rings. The molecule has 27 heavy (non-hydrogen) atoms. The van der Waals surface area contributed by atoms with E-state index < -0.39 is 11.4 Å². The van der Waals surface area contributed by atoms with Gasteiger partial charge in [-0.05, 0) is 50.7 Å². The van der Waals surface area contributed by atoms with Gasteiger partial charge in [0, 0.05) is 29.1 Å². The maximum Gasteiger partial charge on any atom is 0.311 e. The number of carboxylic acid groups (broad SMARTS) is 1. The molecular formula is C22H24N2O3. The molecule has 2 saturated heterocycles. The van der Waals surface area contributed by atoms with Crippen LogP contribution in [0.2, 0.25) is 0 Å². The molecular weight excluding hydrogens is 340 g/mol. The summed E-state index contributed by atoms with van der Waals surface area (Å²) in [5, 5.41) is 10.8. The fraction of sp³-hybridized carbons (Fsp3) is 0.500. The molecule has 1 saturated carbocycles. The smallest absolute Gasteiger partial charge is 0.311 e. The summed E-state index contributed by atoms with van der Waals surface area (Å²) in [5.74, 6) is -0.307. The Balaban J connectivity index is 1.60. The van der Waals surface area contributed by atoms with Gasteiger partial charge in [-0.3, -0.25) is 14.6 Å². The first-order valence-electron chi connectivity index (χ1n) is 10.0. The quantitative estimate of drug-likeness (QED) is 0.891. The highest BCUT2D eigenvalue weighted by atomic mass is 16.4. The molecule has 1 aromatic carbocycles. The van der Waals surface area contributed by atoms with Crippen molar-refractivity contribution in [3.63, 3.8) is 0 Å². The number of pyridine rings is 1. The highest BCUT2D eigenvalue weighted by Gasteiger charge is 2.60. The van der Waals surface area contributed by atoms with Crippen LogP contribution < -0.4 is 0 Å². The van der Waals surface area contributed by atoms with E-state index in [0.717, 1.165) is 42.3 Å². The zero-order valence-electron chi connectivity index (χ0n) is 15.5. The fourth-order valence-electron chi connectivity index (χ4n) is 5.35. The summed E-state index contributed by atoms with van der Waals surface area (Å²) >= 11 is 0. The van der Waals surface area contributed by atoms with Gasteiger partial charge in [-0.15, -0.1) is 0 Å². The molecule has 1 N–H and O–H groups in total. The number of hydrogen-bond acceptors (Lipinski definition) is 3. The molecule has 0 unspecified atom stereocenters. The summed E-state index contributed by atoms with van der Waals surface area (Å²) in [7, 11) is 0. The number of para-hydroxylation sites is 1. The fourth-order valence-corrected chi connectivity index (χ4v) is 5.35. The van der Waals surface area contributed by atoms with Crippen molar-refractivity contribution in [2.45, 2.75) is 63.5 Å². The lowest BCUT2D eigenvalue weighted by molar-refractivity contribution is -0.151. The number of benzene rings is 1. The number of carbonyl (C=O) groups excluding carboxylic acids is 1. The maximum atomic E-state index is 13.6. The molecule has 3 aliphatic rings. The zero-order valence-corrected chi connectivity index (χ0v) is 15.5. The van der Waals surface area contributed by atoms with Gasteiger partial charge in [0.15, 0.2) is 0 Å². The standard InChI is InChI=1S/C22H24N2O3/c1-2-22(21(26)27)12-14-9-10-19(22)24(14)20(25)16-11-18(13-7-8-13)23-17-6-4-3-5-15(16)17/h3-6,11,13-14,19H,2,7-10,12H2,1H3,(H,26,27)/t14-,19+,22+/m0/s1. The van der Waals surface area contributed by atoms with Crippen LogP contribution in [-0.2, 0) is 4.79 Å². The summed E-state index contributed by atoms with van der Waals surface area (Å²) in [6.45, 7) is 1.94. The van der Waals surface area contributed by atoms with Gasteiger partial charge < -0.3 is 10.0 Å². The Kier molecular flexibility index (Phi) is 3.58. The lowest BCUT2D eigenvalue weighted by Crippen LogP contribution is -2.44. The lowest BCUT2D eigenvalue weighted by Gasteiger charge is -2.32. The number of carboxylic acids is 1. The van der Waals surface area contributed by atoms with Crippen LogP contribution in [0.5, 0.6) is 0 Å². The Bertz CT molecular complexity index is 952. The summed E-state index contributed by atoms with van der Waals surface area (Å²) in [6, 6.07) is 9.60. The van der Waals surface area contributed by atoms with E-state index in [4.69, 9.17) is 4.98 Å². The van der Waals surface area contributed by atoms with Gasteiger partial charge in [0.1, 0.15) is 0 Å². The molecule has 0 radical (unpaired) electrons. The Morgan fingerprint density at radius 3 is 2.67 bits per heavy atom. The number of hydrogen-bond donors (Lipinski definition) is 1. The van der Waals surface area contributed by atoms with Crippen molar-refractivity contribution in [1.82, 2.24) is 9.88 Å². The molecule has 2 aliphatic heterocycles. The van der Waals surface area contributed by atoms with E-state index in [1.807, 2.05) is 42.2 Å². The average Bonchev–Trinajstić information content (AvgIpc) is 3.39. The van der Waals surface area contributed by atoms with Crippen molar-refractivity contribution in [2.75, 3.05) is 0 Å². The van der Waals surface area contributed by atoms with Gasteiger partial charge in [-0.1, -0.05) is 25.1 Å². The number of nitrogens with zero attached hydrogens (tertiary/aromatic N) is 2. The Labute approximate surface area is 158 Å². The Hall–Kier alpha value is -2.43. The van der Waals surface area contributed by atoms with Crippen LogP contribution in [0.3, 0.4) is 0 Å². The molecule has 5 nitrogen and oxygen atoms in total. The van der Waals surface area contributed by atoms with E-state index in [0.29, 0.717) is 24.3 Å². The van der Waals surface area contributed by atoms with Gasteiger partial charge in [-0.2, -0.15) is 0 Å². The molecule has 5 heteroatoms. The zero-order chi connectivity index (χ0) is 18.8. The van der Waals surface area contributed by atoms with E-state index in [1.165, 1.54) is 0 Å². The van der Waals surface area contributed by atoms with Crippen molar-refractivity contribution in [1.29, 1.82) is 0 Å². The Morgan fingerprint density at radius 2 is 2.00 bits per heavy atom. The van der Waals surface area contributed by atoms with E-state index >= 15 is 0 Å². The van der Waals surface area contributed by atoms with Gasteiger partial charge >= 0.3 is 5.97 Å². The second kappa shape index (κ2) is 5.78. The van der Waals surface area contributed by atoms with Crippen LogP contribution >= 0.6 is 0 Å². The first-order valence-corrected chi connectivity index (χ1v) is 10.0. The summed E-state index contributed by atoms with van der Waals surface area (Å²) in [5.41, 5.74) is 1.76. The minimum Gasteiger partial charge on any atom is -0.481 e. The highest BCUT2D eigenvalue weighted by molar-refractivity contribution is 6.07. The molecule has 0 spiro atoms. The normalized spacial score (nSPS) is 29.4. The van der Waals surface area contributed by atoms with E-state index in [-0.39, 0.29) is 18.0 Å². The van der Waals surface area contributed by atoms with Crippen LogP contribution in [0.25, 0.3) is 10.9 Å². The van der Waals surface area contributed by atoms with E-state index in [1.54, 1.807) is 0 Å². The molecule has 3 heterocycles. The van der Waals surface area contributed by atoms with Crippen LogP contribution in [0.4, 0.5) is 0 Å². The monoisotopic (exact) mass is 364 g/mol. The topological polar surface area (TPSA) is 70.5 Å². The predicted octanol–water partition coefficient (Wildman–Crippen LogP) is 3.97. The number of aliphatic carboxylic acids is 1. The van der Waals surface area contributed by atoms with Gasteiger partial charge in [0.05, 0.1) is 16.5 Å². The van der Waals surface area contributed by atoms with Gasteiger partial charge in [0.25, 0.3) is 5.91 Å². The van der Waals surface area contributed by atoms with Crippen LogP contribution in [0.1, 0.15) is 67.4 Å². The summed E-state index contributed by atoms with van der Waals surface area (Å²) < 4.78 is 0. The van der Waals surface area contributed by atoms with Crippen molar-refractivity contribution in [2.24, 2.45) is 5.41 Å². The number of rotatable bonds is 4. The number of fused-ring (bicyclic) bond motifs is 3. The summed E-state index contributed by atoms with van der Waals surface area (Å²) in [4.78, 5) is 32.4. The lowest BCUT2D eigenvalue weighted by atomic mass is 9.72. The van der Waals surface area contributed by atoms with Crippen LogP contribution in [-0.4, -0.2) is 39.0 Å². The maximum absolute atomic E-state index is 13.6. The number of amides is 1. The first kappa shape index (κ1) is 16.7. The predicted molar refractivity (Wildman–Crippen MR) is 102 cm³/mol. The molecule has 2 bridgehead atoms. The van der Waals surface area contributed by atoms with Crippen molar-refractivity contribution in [3.8, 4) is 0 Å². The average molecular weight is 364 g/mol. The van der Waals surface area contributed by atoms with Crippen LogP contribution in [0, 0.1) is 5.41 Å². The first-order chi connectivity index (χ1) is 13.0. The van der Waals surface area contributed by atoms with Crippen molar-refractivity contribution in [3.05, 3.63) is 41.6 Å². The molecule has 5 rings (SSSR count). The molecule has 1 aromatic heterocycles. The van der Waals surface area contributed by atoms with E-state index in [9.17, 15) is 14.7 Å². The third-order valence-corrected chi connectivity index (χ3v) is 6.99. The van der Waals surface area contributed by atoms with Crippen molar-refractivity contribution >= 4 is 22.8 Å². The number of aromatic nitrogens is 1. The molecule has 3 atom stereocenters. The highest BCUT2D eigenvalue weighted by Crippen LogP contribution is 2.52. The molecule has 1 amide bonds. The SMILES string of the molecule is CC[C@@]1(C(=O)O)C[C@@H]2CC[C@H]1N2C(=O)c1cc(C2CC2)nc2ccccc12. The van der Waals surface area contributed by atoms with Gasteiger partial charge in [-0.25, -0.2) is 0 Å². The number of carbonyl (C=O) groups is 2. The molecule has 2 aromatic rings. The summed E-state index contributed by atoms with van der Waals surface area (Å²) in [6.07, 6.45) is 5.10. The Morgan fingerprint density at radius 1 is 1.22 bits per heavy atom.